The van der Waals surface area contributed by atoms with Gasteiger partial charge in [0.15, 0.2) is 0 Å². The normalized spacial score (nSPS) is 10.7. The molecule has 0 fully saturated rings. The number of imidazole rings is 1. The van der Waals surface area contributed by atoms with E-state index in [1.54, 1.807) is 0 Å². The van der Waals surface area contributed by atoms with E-state index in [-0.39, 0.29) is 0 Å². The molecule has 100 valence electrons. The first-order valence-electron chi connectivity index (χ1n) is 6.26. The summed E-state index contributed by atoms with van der Waals surface area (Å²) in [4.78, 5) is 7.78. The zero-order valence-corrected chi connectivity index (χ0v) is 12.1. The van der Waals surface area contributed by atoms with E-state index in [0.29, 0.717) is 6.42 Å². The number of rotatable bonds is 3. The number of hydrogen-bond donors (Lipinski definition) is 1. The lowest BCUT2D eigenvalue weighted by molar-refractivity contribution is 1.03. The fourth-order valence-corrected chi connectivity index (χ4v) is 2.37. The number of aromatic nitrogens is 2. The van der Waals surface area contributed by atoms with Gasteiger partial charge in [-0.1, -0.05) is 53.5 Å². The van der Waals surface area contributed by atoms with E-state index >= 15 is 0 Å². The van der Waals surface area contributed by atoms with Crippen molar-refractivity contribution >= 4 is 23.2 Å². The summed E-state index contributed by atoms with van der Waals surface area (Å²) < 4.78 is 0. The highest BCUT2D eigenvalue weighted by Crippen LogP contribution is 2.22. The minimum atomic E-state index is 0.688. The molecule has 1 heterocycles. The molecule has 0 aliphatic heterocycles. The molecule has 4 heteroatoms. The minimum Gasteiger partial charge on any atom is -0.348 e. The van der Waals surface area contributed by atoms with Gasteiger partial charge in [0.1, 0.15) is 5.82 Å². The number of benzene rings is 2. The second kappa shape index (κ2) is 5.70. The Kier molecular flexibility index (Phi) is 3.77. The van der Waals surface area contributed by atoms with Crippen LogP contribution in [0.25, 0.3) is 11.3 Å². The van der Waals surface area contributed by atoms with Gasteiger partial charge in [0, 0.05) is 28.2 Å². The van der Waals surface area contributed by atoms with Gasteiger partial charge in [-0.25, -0.2) is 4.98 Å². The first-order chi connectivity index (χ1) is 9.72. The topological polar surface area (TPSA) is 28.7 Å². The van der Waals surface area contributed by atoms with Crippen LogP contribution in [0.15, 0.2) is 54.7 Å². The van der Waals surface area contributed by atoms with Crippen LogP contribution >= 0.6 is 23.2 Å². The minimum absolute atomic E-state index is 0.688. The maximum absolute atomic E-state index is 6.16. The Bertz CT molecular complexity index is 717. The van der Waals surface area contributed by atoms with Gasteiger partial charge in [-0.2, -0.15) is 0 Å². The average Bonchev–Trinajstić information content (AvgIpc) is 2.91. The molecule has 0 radical (unpaired) electrons. The molecule has 0 atom stereocenters. The predicted molar refractivity (Wildman–Crippen MR) is 83.3 cm³/mol. The van der Waals surface area contributed by atoms with E-state index in [0.717, 1.165) is 32.7 Å². The van der Waals surface area contributed by atoms with Gasteiger partial charge in [-0.3, -0.25) is 0 Å². The van der Waals surface area contributed by atoms with Crippen molar-refractivity contribution in [3.63, 3.8) is 0 Å². The second-order valence-electron chi connectivity index (χ2n) is 4.51. The maximum atomic E-state index is 6.16. The lowest BCUT2D eigenvalue weighted by atomic mass is 10.1. The Morgan fingerprint density at radius 1 is 0.950 bits per heavy atom. The molecule has 0 bridgehead atoms. The predicted octanol–water partition coefficient (Wildman–Crippen LogP) is 4.97. The highest BCUT2D eigenvalue weighted by atomic mass is 35.5. The lowest BCUT2D eigenvalue weighted by Gasteiger charge is -2.00. The number of hydrogen-bond acceptors (Lipinski definition) is 1. The van der Waals surface area contributed by atoms with Crippen LogP contribution in [0.3, 0.4) is 0 Å². The third-order valence-electron chi connectivity index (χ3n) is 3.09. The third-order valence-corrected chi connectivity index (χ3v) is 3.71. The van der Waals surface area contributed by atoms with Gasteiger partial charge in [0.05, 0.1) is 5.69 Å². The second-order valence-corrected chi connectivity index (χ2v) is 5.35. The van der Waals surface area contributed by atoms with E-state index in [1.807, 2.05) is 54.7 Å². The Hall–Kier alpha value is -1.77. The highest BCUT2D eigenvalue weighted by molar-refractivity contribution is 6.31. The van der Waals surface area contributed by atoms with E-state index < -0.39 is 0 Å². The first kappa shape index (κ1) is 13.2. The molecule has 0 unspecified atom stereocenters. The van der Waals surface area contributed by atoms with Gasteiger partial charge >= 0.3 is 0 Å². The molecule has 1 N–H and O–H groups in total. The fourth-order valence-electron chi connectivity index (χ4n) is 2.04. The smallest absolute Gasteiger partial charge is 0.111 e. The number of H-pyrrole nitrogens is 1. The molecule has 1 aromatic heterocycles. The van der Waals surface area contributed by atoms with Gasteiger partial charge in [0.2, 0.25) is 0 Å². The number of aromatic amines is 1. The summed E-state index contributed by atoms with van der Waals surface area (Å²) in [7, 11) is 0. The Labute approximate surface area is 127 Å². The molecule has 0 aliphatic rings. The van der Waals surface area contributed by atoms with Gasteiger partial charge in [0.25, 0.3) is 0 Å². The summed E-state index contributed by atoms with van der Waals surface area (Å²) in [5, 5.41) is 1.48. The van der Waals surface area contributed by atoms with E-state index in [9.17, 15) is 0 Å². The van der Waals surface area contributed by atoms with Crippen molar-refractivity contribution < 1.29 is 0 Å². The van der Waals surface area contributed by atoms with E-state index in [4.69, 9.17) is 23.2 Å². The molecule has 20 heavy (non-hydrogen) atoms. The summed E-state index contributed by atoms with van der Waals surface area (Å²) in [5.41, 5.74) is 3.01. The van der Waals surface area contributed by atoms with Gasteiger partial charge in [-0.15, -0.1) is 0 Å². The van der Waals surface area contributed by atoms with Crippen molar-refractivity contribution in [3.8, 4) is 11.3 Å². The van der Waals surface area contributed by atoms with Crippen molar-refractivity contribution in [1.82, 2.24) is 9.97 Å². The largest absolute Gasteiger partial charge is 0.348 e. The SMILES string of the molecule is Clc1ccc(-c2c[nH]c(Cc3ccccc3Cl)n2)cc1. The quantitative estimate of drug-likeness (QED) is 0.726. The highest BCUT2D eigenvalue weighted by Gasteiger charge is 2.06. The summed E-state index contributed by atoms with van der Waals surface area (Å²) in [5.74, 6) is 0.892. The van der Waals surface area contributed by atoms with Crippen molar-refractivity contribution in [2.45, 2.75) is 6.42 Å². The van der Waals surface area contributed by atoms with Crippen LogP contribution in [0.5, 0.6) is 0 Å². The Morgan fingerprint density at radius 3 is 2.45 bits per heavy atom. The standard InChI is InChI=1S/C16H12Cl2N2/c17-13-7-5-11(6-8-13)15-10-19-16(20-15)9-12-3-1-2-4-14(12)18/h1-8,10H,9H2,(H,19,20). The maximum Gasteiger partial charge on any atom is 0.111 e. The lowest BCUT2D eigenvalue weighted by Crippen LogP contribution is -1.91. The van der Waals surface area contributed by atoms with Crippen LogP contribution in [-0.2, 0) is 6.42 Å². The summed E-state index contributed by atoms with van der Waals surface area (Å²) in [6.07, 6.45) is 2.59. The van der Waals surface area contributed by atoms with Crippen LogP contribution in [0.2, 0.25) is 10.0 Å². The molecule has 0 saturated carbocycles. The van der Waals surface area contributed by atoms with Crippen molar-refractivity contribution in [1.29, 1.82) is 0 Å². The summed E-state index contributed by atoms with van der Waals surface area (Å²) in [6.45, 7) is 0. The molecule has 2 nitrogen and oxygen atoms in total. The fraction of sp³-hybridized carbons (Fsp3) is 0.0625. The zero-order valence-electron chi connectivity index (χ0n) is 10.6. The number of halogens is 2. The number of nitrogens with zero attached hydrogens (tertiary/aromatic N) is 1. The van der Waals surface area contributed by atoms with Crippen LogP contribution in [0.1, 0.15) is 11.4 Å². The molecule has 3 aromatic rings. The van der Waals surface area contributed by atoms with Crippen molar-refractivity contribution in [2.24, 2.45) is 0 Å². The van der Waals surface area contributed by atoms with Crippen molar-refractivity contribution in [2.75, 3.05) is 0 Å². The molecular weight excluding hydrogens is 291 g/mol. The van der Waals surface area contributed by atoms with Crippen molar-refractivity contribution in [3.05, 3.63) is 76.2 Å². The van der Waals surface area contributed by atoms with Crippen LogP contribution < -0.4 is 0 Å². The van der Waals surface area contributed by atoms with Crippen LogP contribution in [0.4, 0.5) is 0 Å². The summed E-state index contributed by atoms with van der Waals surface area (Å²) in [6, 6.07) is 15.4. The van der Waals surface area contributed by atoms with E-state index in [2.05, 4.69) is 9.97 Å². The molecule has 0 aliphatic carbocycles. The zero-order chi connectivity index (χ0) is 13.9. The third kappa shape index (κ3) is 2.87. The molecular formula is C16H12Cl2N2. The summed E-state index contributed by atoms with van der Waals surface area (Å²) >= 11 is 12.0. The monoisotopic (exact) mass is 302 g/mol. The molecule has 0 saturated heterocycles. The molecule has 3 rings (SSSR count). The number of nitrogens with one attached hydrogen (secondary N) is 1. The first-order valence-corrected chi connectivity index (χ1v) is 7.01. The van der Waals surface area contributed by atoms with E-state index in [1.165, 1.54) is 0 Å². The molecule has 2 aromatic carbocycles. The van der Waals surface area contributed by atoms with Crippen LogP contribution in [0, 0.1) is 0 Å². The van der Waals surface area contributed by atoms with Gasteiger partial charge in [-0.05, 0) is 23.8 Å². The molecule has 0 amide bonds. The van der Waals surface area contributed by atoms with Gasteiger partial charge < -0.3 is 4.98 Å². The average molecular weight is 303 g/mol. The molecule has 0 spiro atoms. The Balaban J connectivity index is 1.84. The van der Waals surface area contributed by atoms with Crippen LogP contribution in [-0.4, -0.2) is 9.97 Å². The Morgan fingerprint density at radius 2 is 1.70 bits per heavy atom.